The van der Waals surface area contributed by atoms with E-state index in [1.807, 2.05) is 36.4 Å². The van der Waals surface area contributed by atoms with Gasteiger partial charge in [-0.3, -0.25) is 9.78 Å². The highest BCUT2D eigenvalue weighted by atomic mass is 32.2. The van der Waals surface area contributed by atoms with Gasteiger partial charge in [-0.1, -0.05) is 42.2 Å². The highest BCUT2D eigenvalue weighted by Crippen LogP contribution is 2.27. The summed E-state index contributed by atoms with van der Waals surface area (Å²) < 4.78 is 0.504. The number of amides is 1. The number of thiocarbonyl (C=S) groups is 1. The van der Waals surface area contributed by atoms with Crippen LogP contribution in [0, 0.1) is 0 Å². The number of pyridine rings is 1. The second-order valence-corrected chi connectivity index (χ2v) is 5.49. The maximum atomic E-state index is 11.6. The number of carbonyl (C=O) groups is 1. The molecule has 3 rings (SSSR count). The van der Waals surface area contributed by atoms with Gasteiger partial charge in [-0.2, -0.15) is 0 Å². The fourth-order valence-corrected chi connectivity index (χ4v) is 2.84. The summed E-state index contributed by atoms with van der Waals surface area (Å²) in [5.41, 5.74) is 1.89. The molecule has 0 bridgehead atoms. The number of nitrogens with one attached hydrogen (secondary N) is 1. The van der Waals surface area contributed by atoms with E-state index < -0.39 is 0 Å². The monoisotopic (exact) mass is 272 g/mol. The van der Waals surface area contributed by atoms with Gasteiger partial charge in [0.1, 0.15) is 4.32 Å². The lowest BCUT2D eigenvalue weighted by molar-refractivity contribution is -0.115. The Balaban J connectivity index is 2.13. The number of hydrogen-bond donors (Lipinski definition) is 1. The van der Waals surface area contributed by atoms with E-state index in [-0.39, 0.29) is 5.91 Å². The Bertz CT molecular complexity index is 689. The van der Waals surface area contributed by atoms with E-state index in [1.165, 1.54) is 11.8 Å². The van der Waals surface area contributed by atoms with Crippen LogP contribution in [0.15, 0.2) is 41.4 Å². The quantitative estimate of drug-likeness (QED) is 0.640. The fourth-order valence-electron chi connectivity index (χ4n) is 1.81. The highest BCUT2D eigenvalue weighted by Gasteiger charge is 2.22. The standard InChI is InChI=1S/C13H8N2OS2/c16-12-11(18-13(17)15-12)7-8-5-6-14-10-4-2-1-3-9(8)10/h1-7H,(H,15,16,17)/b11-7-. The van der Waals surface area contributed by atoms with Crippen molar-refractivity contribution in [3.8, 4) is 0 Å². The van der Waals surface area contributed by atoms with Crippen LogP contribution in [-0.2, 0) is 4.79 Å². The summed E-state index contributed by atoms with van der Waals surface area (Å²) in [4.78, 5) is 16.5. The van der Waals surface area contributed by atoms with Crippen LogP contribution in [0.1, 0.15) is 5.56 Å². The molecule has 0 saturated carbocycles. The molecule has 1 fully saturated rings. The number of thioether (sulfide) groups is 1. The van der Waals surface area contributed by atoms with Gasteiger partial charge in [0.15, 0.2) is 0 Å². The maximum absolute atomic E-state index is 11.6. The summed E-state index contributed by atoms with van der Waals surface area (Å²) >= 11 is 6.25. The van der Waals surface area contributed by atoms with E-state index in [1.54, 1.807) is 6.20 Å². The van der Waals surface area contributed by atoms with Gasteiger partial charge in [0.2, 0.25) is 0 Å². The Hall–Kier alpha value is -1.72. The van der Waals surface area contributed by atoms with Gasteiger partial charge in [-0.25, -0.2) is 0 Å². The van der Waals surface area contributed by atoms with Gasteiger partial charge in [-0.05, 0) is 23.8 Å². The van der Waals surface area contributed by atoms with E-state index in [4.69, 9.17) is 12.2 Å². The molecular weight excluding hydrogens is 264 g/mol. The molecule has 1 aromatic heterocycles. The average molecular weight is 272 g/mol. The zero-order chi connectivity index (χ0) is 12.5. The van der Waals surface area contributed by atoms with E-state index in [9.17, 15) is 4.79 Å². The van der Waals surface area contributed by atoms with Crippen molar-refractivity contribution >= 4 is 51.2 Å². The van der Waals surface area contributed by atoms with Crippen molar-refractivity contribution in [1.29, 1.82) is 0 Å². The van der Waals surface area contributed by atoms with Crippen molar-refractivity contribution in [2.45, 2.75) is 0 Å². The van der Waals surface area contributed by atoms with Crippen LogP contribution in [0.3, 0.4) is 0 Å². The van der Waals surface area contributed by atoms with Crippen molar-refractivity contribution in [3.63, 3.8) is 0 Å². The molecule has 2 aromatic rings. The van der Waals surface area contributed by atoms with E-state index in [0.29, 0.717) is 9.23 Å². The average Bonchev–Trinajstić information content (AvgIpc) is 2.68. The molecule has 0 radical (unpaired) electrons. The third kappa shape index (κ3) is 2.02. The SMILES string of the molecule is O=C1NC(=S)S/C1=C\c1ccnc2ccccc12. The molecule has 1 amide bonds. The van der Waals surface area contributed by atoms with Crippen LogP contribution < -0.4 is 5.32 Å². The number of hydrogen-bond acceptors (Lipinski definition) is 4. The summed E-state index contributed by atoms with van der Waals surface area (Å²) in [5, 5.41) is 3.63. The van der Waals surface area contributed by atoms with Crippen molar-refractivity contribution in [2.75, 3.05) is 0 Å². The zero-order valence-corrected chi connectivity index (χ0v) is 10.8. The first kappa shape index (κ1) is 11.4. The predicted molar refractivity (Wildman–Crippen MR) is 78.1 cm³/mol. The number of aromatic nitrogens is 1. The molecule has 1 aliphatic heterocycles. The largest absolute Gasteiger partial charge is 0.307 e. The summed E-state index contributed by atoms with van der Waals surface area (Å²) in [6.07, 6.45) is 3.59. The molecule has 1 aliphatic rings. The van der Waals surface area contributed by atoms with Crippen molar-refractivity contribution in [1.82, 2.24) is 10.3 Å². The first-order valence-electron chi connectivity index (χ1n) is 5.33. The smallest absolute Gasteiger partial charge is 0.263 e. The number of nitrogens with zero attached hydrogens (tertiary/aromatic N) is 1. The molecule has 0 unspecified atom stereocenters. The first-order valence-corrected chi connectivity index (χ1v) is 6.55. The van der Waals surface area contributed by atoms with Gasteiger partial charge < -0.3 is 5.32 Å². The number of para-hydroxylation sites is 1. The van der Waals surface area contributed by atoms with Crippen molar-refractivity contribution in [2.24, 2.45) is 0 Å². The van der Waals surface area contributed by atoms with Crippen LogP contribution in [0.25, 0.3) is 17.0 Å². The first-order chi connectivity index (χ1) is 8.74. The topological polar surface area (TPSA) is 42.0 Å². The minimum absolute atomic E-state index is 0.133. The normalized spacial score (nSPS) is 17.4. The number of rotatable bonds is 1. The molecule has 0 atom stereocenters. The number of fused-ring (bicyclic) bond motifs is 1. The molecular formula is C13H8N2OS2. The lowest BCUT2D eigenvalue weighted by atomic mass is 10.1. The second kappa shape index (κ2) is 4.51. The minimum Gasteiger partial charge on any atom is -0.307 e. The summed E-state index contributed by atoms with van der Waals surface area (Å²) in [6.45, 7) is 0. The molecule has 0 aliphatic carbocycles. The Labute approximate surface area is 113 Å². The molecule has 1 saturated heterocycles. The molecule has 18 heavy (non-hydrogen) atoms. The third-order valence-corrected chi connectivity index (χ3v) is 3.77. The van der Waals surface area contributed by atoms with Gasteiger partial charge in [0.05, 0.1) is 10.4 Å². The fraction of sp³-hybridized carbons (Fsp3) is 0. The molecule has 5 heteroatoms. The lowest BCUT2D eigenvalue weighted by Gasteiger charge is -2.01. The summed E-state index contributed by atoms with van der Waals surface area (Å²) in [6, 6.07) is 9.73. The van der Waals surface area contributed by atoms with E-state index in [0.717, 1.165) is 16.5 Å². The van der Waals surface area contributed by atoms with Gasteiger partial charge in [0.25, 0.3) is 5.91 Å². The molecule has 0 spiro atoms. The van der Waals surface area contributed by atoms with Crippen molar-refractivity contribution in [3.05, 3.63) is 47.0 Å². The Morgan fingerprint density at radius 2 is 2.11 bits per heavy atom. The predicted octanol–water partition coefficient (Wildman–Crippen LogP) is 2.72. The van der Waals surface area contributed by atoms with Crippen LogP contribution >= 0.6 is 24.0 Å². The Kier molecular flexibility index (Phi) is 2.85. The van der Waals surface area contributed by atoms with Crippen LogP contribution in [0.4, 0.5) is 0 Å². The Morgan fingerprint density at radius 3 is 2.89 bits per heavy atom. The van der Waals surface area contributed by atoms with Gasteiger partial charge in [0, 0.05) is 11.6 Å². The van der Waals surface area contributed by atoms with E-state index >= 15 is 0 Å². The van der Waals surface area contributed by atoms with Crippen LogP contribution in [-0.4, -0.2) is 15.2 Å². The number of carbonyl (C=O) groups excluding carboxylic acids is 1. The minimum atomic E-state index is -0.133. The molecule has 1 aromatic carbocycles. The molecule has 3 nitrogen and oxygen atoms in total. The zero-order valence-electron chi connectivity index (χ0n) is 9.21. The third-order valence-electron chi connectivity index (χ3n) is 2.61. The van der Waals surface area contributed by atoms with Gasteiger partial charge in [-0.15, -0.1) is 0 Å². The highest BCUT2D eigenvalue weighted by molar-refractivity contribution is 8.26. The summed E-state index contributed by atoms with van der Waals surface area (Å²) in [5.74, 6) is -0.133. The van der Waals surface area contributed by atoms with Crippen LogP contribution in [0.2, 0.25) is 0 Å². The number of benzene rings is 1. The molecule has 2 heterocycles. The van der Waals surface area contributed by atoms with Gasteiger partial charge >= 0.3 is 0 Å². The Morgan fingerprint density at radius 1 is 1.28 bits per heavy atom. The lowest BCUT2D eigenvalue weighted by Crippen LogP contribution is -2.17. The molecule has 88 valence electrons. The van der Waals surface area contributed by atoms with E-state index in [2.05, 4.69) is 10.3 Å². The van der Waals surface area contributed by atoms with Crippen LogP contribution in [0.5, 0.6) is 0 Å². The maximum Gasteiger partial charge on any atom is 0.263 e. The summed E-state index contributed by atoms with van der Waals surface area (Å²) in [7, 11) is 0. The molecule has 1 N–H and O–H groups in total. The van der Waals surface area contributed by atoms with Crippen molar-refractivity contribution < 1.29 is 4.79 Å². The second-order valence-electron chi connectivity index (χ2n) is 3.77.